The predicted molar refractivity (Wildman–Crippen MR) is 90.6 cm³/mol. The molecular formula is C20H16N2O2. The van der Waals surface area contributed by atoms with Crippen molar-refractivity contribution in [2.24, 2.45) is 5.92 Å². The molecule has 0 saturated heterocycles. The first kappa shape index (κ1) is 15.7. The number of benzene rings is 2. The van der Waals surface area contributed by atoms with Crippen LogP contribution in [0.5, 0.6) is 0 Å². The van der Waals surface area contributed by atoms with Gasteiger partial charge in [-0.1, -0.05) is 60.7 Å². The quantitative estimate of drug-likeness (QED) is 0.867. The lowest BCUT2D eigenvalue weighted by molar-refractivity contribution is 0.101. The molecule has 0 amide bonds. The summed E-state index contributed by atoms with van der Waals surface area (Å²) in [5, 5.41) is 17.5. The molecule has 2 unspecified atom stereocenters. The van der Waals surface area contributed by atoms with Crippen LogP contribution >= 0.6 is 0 Å². The van der Waals surface area contributed by atoms with Gasteiger partial charge in [0, 0.05) is 17.1 Å². The van der Waals surface area contributed by atoms with Crippen LogP contribution in [0.4, 0.5) is 0 Å². The fourth-order valence-corrected chi connectivity index (χ4v) is 3.02. The lowest BCUT2D eigenvalue weighted by Crippen LogP contribution is -2.32. The van der Waals surface area contributed by atoms with Gasteiger partial charge in [0.2, 0.25) is 5.90 Å². The Bertz CT molecular complexity index is 848. The second-order valence-electron chi connectivity index (χ2n) is 5.63. The van der Waals surface area contributed by atoms with E-state index >= 15 is 0 Å². The maximum absolute atomic E-state index is 13.0. The first-order chi connectivity index (χ1) is 11.6. The lowest BCUT2D eigenvalue weighted by atomic mass is 9.76. The molecule has 4 heteroatoms. The number of ketones is 1. The zero-order chi connectivity index (χ0) is 17.1. The molecule has 0 radical (unpaired) electrons. The van der Waals surface area contributed by atoms with Crippen molar-refractivity contribution in [2.45, 2.75) is 12.8 Å². The van der Waals surface area contributed by atoms with Gasteiger partial charge in [-0.15, -0.1) is 0 Å². The summed E-state index contributed by atoms with van der Waals surface area (Å²) in [5.74, 6) is -1.23. The summed E-state index contributed by atoms with van der Waals surface area (Å²) in [5.41, 5.74) is 1.81. The van der Waals surface area contributed by atoms with E-state index in [1.165, 1.54) is 0 Å². The molecular weight excluding hydrogens is 300 g/mol. The number of nitrogens with one attached hydrogen (secondary N) is 1. The Balaban J connectivity index is 2.16. The first-order valence-electron chi connectivity index (χ1n) is 7.65. The molecule has 0 fully saturated rings. The van der Waals surface area contributed by atoms with Gasteiger partial charge in [-0.2, -0.15) is 5.26 Å². The summed E-state index contributed by atoms with van der Waals surface area (Å²) < 4.78 is 5.42. The van der Waals surface area contributed by atoms with Crippen molar-refractivity contribution < 1.29 is 9.53 Å². The van der Waals surface area contributed by atoms with E-state index in [2.05, 4.69) is 6.07 Å². The number of Topliss-reactive ketones (excluding diaryl/α,β-unsaturated/α-hetero) is 1. The summed E-state index contributed by atoms with van der Waals surface area (Å²) in [4.78, 5) is 13.0. The van der Waals surface area contributed by atoms with Gasteiger partial charge < -0.3 is 4.74 Å². The van der Waals surface area contributed by atoms with Gasteiger partial charge in [0.25, 0.3) is 0 Å². The molecule has 2 aromatic rings. The molecule has 0 aliphatic carbocycles. The summed E-state index contributed by atoms with van der Waals surface area (Å²) in [7, 11) is 0. The molecule has 3 rings (SSSR count). The van der Waals surface area contributed by atoms with E-state index in [0.29, 0.717) is 16.9 Å². The maximum atomic E-state index is 13.0. The number of nitrogens with zero attached hydrogens (tertiary/aromatic N) is 1. The van der Waals surface area contributed by atoms with Crippen molar-refractivity contribution in [2.75, 3.05) is 0 Å². The van der Waals surface area contributed by atoms with Crippen molar-refractivity contribution in [1.29, 1.82) is 10.7 Å². The molecule has 1 aliphatic heterocycles. The number of nitriles is 1. The van der Waals surface area contributed by atoms with Crippen LogP contribution < -0.4 is 0 Å². The number of carbonyl (C=O) groups is 1. The van der Waals surface area contributed by atoms with Crippen molar-refractivity contribution in [3.8, 4) is 6.07 Å². The number of ether oxygens (including phenoxy) is 1. The van der Waals surface area contributed by atoms with Crippen LogP contribution in [0.25, 0.3) is 0 Å². The highest BCUT2D eigenvalue weighted by molar-refractivity contribution is 6.11. The van der Waals surface area contributed by atoms with Gasteiger partial charge >= 0.3 is 0 Å². The number of rotatable bonds is 3. The molecule has 2 atom stereocenters. The lowest BCUT2D eigenvalue weighted by Gasteiger charge is -2.31. The Kier molecular flexibility index (Phi) is 4.26. The fourth-order valence-electron chi connectivity index (χ4n) is 3.02. The van der Waals surface area contributed by atoms with Crippen molar-refractivity contribution in [3.05, 3.63) is 83.1 Å². The number of allylic oxidation sites excluding steroid dienone is 2. The Morgan fingerprint density at radius 1 is 1.08 bits per heavy atom. The topological polar surface area (TPSA) is 73.9 Å². The Morgan fingerprint density at radius 3 is 2.25 bits per heavy atom. The average Bonchev–Trinajstić information content (AvgIpc) is 2.62. The predicted octanol–water partition coefficient (Wildman–Crippen LogP) is 4.07. The zero-order valence-electron chi connectivity index (χ0n) is 13.2. The fraction of sp³-hybridized carbons (Fsp3) is 0.150. The van der Waals surface area contributed by atoms with Crippen LogP contribution in [0.1, 0.15) is 28.8 Å². The van der Waals surface area contributed by atoms with E-state index in [4.69, 9.17) is 10.1 Å². The zero-order valence-corrected chi connectivity index (χ0v) is 13.2. The largest absolute Gasteiger partial charge is 0.446 e. The molecule has 1 aliphatic rings. The molecule has 0 aromatic heterocycles. The van der Waals surface area contributed by atoms with Gasteiger partial charge in [0.1, 0.15) is 11.7 Å². The van der Waals surface area contributed by atoms with Gasteiger partial charge in [-0.05, 0) is 12.5 Å². The Hall–Kier alpha value is -3.19. The van der Waals surface area contributed by atoms with E-state index in [0.717, 1.165) is 5.56 Å². The SMILES string of the molecule is CC1=C(C(=O)c2ccccc2)C(c2ccccc2)C(C#N)C(=N)O1. The Labute approximate surface area is 140 Å². The number of hydrogen-bond acceptors (Lipinski definition) is 4. The smallest absolute Gasteiger partial charge is 0.205 e. The molecule has 24 heavy (non-hydrogen) atoms. The monoisotopic (exact) mass is 316 g/mol. The van der Waals surface area contributed by atoms with Gasteiger partial charge in [0.15, 0.2) is 5.78 Å². The van der Waals surface area contributed by atoms with E-state index in [9.17, 15) is 10.1 Å². The van der Waals surface area contributed by atoms with Crippen LogP contribution in [-0.2, 0) is 4.74 Å². The minimum atomic E-state index is -0.821. The third kappa shape index (κ3) is 2.72. The summed E-state index contributed by atoms with van der Waals surface area (Å²) in [6.07, 6.45) is 0. The van der Waals surface area contributed by atoms with Gasteiger partial charge in [-0.3, -0.25) is 10.2 Å². The minimum absolute atomic E-state index is 0.117. The maximum Gasteiger partial charge on any atom is 0.205 e. The second kappa shape index (κ2) is 6.51. The van der Waals surface area contributed by atoms with Crippen LogP contribution in [0.2, 0.25) is 0 Å². The molecule has 1 heterocycles. The van der Waals surface area contributed by atoms with Crippen molar-refractivity contribution in [1.82, 2.24) is 0 Å². The van der Waals surface area contributed by atoms with Crippen LogP contribution in [0.3, 0.4) is 0 Å². The number of hydrogen-bond donors (Lipinski definition) is 1. The van der Waals surface area contributed by atoms with Crippen LogP contribution in [0.15, 0.2) is 72.0 Å². The third-order valence-electron chi connectivity index (χ3n) is 4.15. The summed E-state index contributed by atoms with van der Waals surface area (Å²) in [6.45, 7) is 1.67. The van der Waals surface area contributed by atoms with Crippen molar-refractivity contribution in [3.63, 3.8) is 0 Å². The second-order valence-corrected chi connectivity index (χ2v) is 5.63. The highest BCUT2D eigenvalue weighted by Gasteiger charge is 2.40. The molecule has 118 valence electrons. The number of carbonyl (C=O) groups excluding carboxylic acids is 1. The van der Waals surface area contributed by atoms with Crippen LogP contribution in [-0.4, -0.2) is 11.7 Å². The van der Waals surface area contributed by atoms with E-state index in [1.807, 2.05) is 36.4 Å². The molecule has 0 spiro atoms. The van der Waals surface area contributed by atoms with E-state index < -0.39 is 11.8 Å². The minimum Gasteiger partial charge on any atom is -0.446 e. The summed E-state index contributed by atoms with van der Waals surface area (Å²) >= 11 is 0. The molecule has 1 N–H and O–H groups in total. The standard InChI is InChI=1S/C20H16N2O2/c1-13-17(19(23)15-10-6-3-7-11-15)18(14-8-4-2-5-9-14)16(12-21)20(22)24-13/h2-11,16,18,22H,1H3. The summed E-state index contributed by atoms with van der Waals surface area (Å²) in [6, 6.07) is 20.4. The molecule has 4 nitrogen and oxygen atoms in total. The Morgan fingerprint density at radius 2 is 1.67 bits per heavy atom. The van der Waals surface area contributed by atoms with Crippen LogP contribution in [0, 0.1) is 22.7 Å². The average molecular weight is 316 g/mol. The van der Waals surface area contributed by atoms with Crippen molar-refractivity contribution >= 4 is 11.7 Å². The normalized spacial score (nSPS) is 20.2. The van der Waals surface area contributed by atoms with E-state index in [1.54, 1.807) is 31.2 Å². The van der Waals surface area contributed by atoms with Gasteiger partial charge in [0.05, 0.1) is 6.07 Å². The van der Waals surface area contributed by atoms with Gasteiger partial charge in [-0.25, -0.2) is 0 Å². The highest BCUT2D eigenvalue weighted by atomic mass is 16.5. The first-order valence-corrected chi connectivity index (χ1v) is 7.65. The molecule has 0 saturated carbocycles. The third-order valence-corrected chi connectivity index (χ3v) is 4.15. The molecule has 0 bridgehead atoms. The highest BCUT2D eigenvalue weighted by Crippen LogP contribution is 2.40. The van der Waals surface area contributed by atoms with E-state index in [-0.39, 0.29) is 11.7 Å². The molecule has 2 aromatic carbocycles.